The summed E-state index contributed by atoms with van der Waals surface area (Å²) < 4.78 is 21.2. The van der Waals surface area contributed by atoms with Gasteiger partial charge < -0.3 is 9.84 Å². The number of benzene rings is 2. The molecule has 0 saturated heterocycles. The van der Waals surface area contributed by atoms with E-state index in [4.69, 9.17) is 4.74 Å². The highest BCUT2D eigenvalue weighted by Crippen LogP contribution is 2.22. The highest BCUT2D eigenvalue weighted by Gasteiger charge is 2.12. The molecule has 28 heavy (non-hydrogen) atoms. The van der Waals surface area contributed by atoms with Crippen molar-refractivity contribution in [2.24, 2.45) is 10.2 Å². The van der Waals surface area contributed by atoms with Crippen LogP contribution in [0.25, 0.3) is 5.69 Å². The fraction of sp³-hybridized carbons (Fsp3) is 0.100. The quantitative estimate of drug-likeness (QED) is 0.370. The second-order valence-electron chi connectivity index (χ2n) is 5.74. The lowest BCUT2D eigenvalue weighted by Crippen LogP contribution is -2.07. The van der Waals surface area contributed by atoms with Crippen LogP contribution in [0.15, 0.2) is 88.7 Å². The van der Waals surface area contributed by atoms with E-state index in [1.807, 2.05) is 6.07 Å². The van der Waals surface area contributed by atoms with Crippen molar-refractivity contribution in [3.05, 3.63) is 84.3 Å². The van der Waals surface area contributed by atoms with Crippen molar-refractivity contribution in [2.45, 2.75) is 6.92 Å². The van der Waals surface area contributed by atoms with Gasteiger partial charge in [-0.25, -0.2) is 9.07 Å². The maximum absolute atomic E-state index is 14.3. The number of halogens is 1. The molecule has 3 aromatic rings. The molecule has 3 rings (SSSR count). The summed E-state index contributed by atoms with van der Waals surface area (Å²) in [6, 6.07) is 14.8. The van der Waals surface area contributed by atoms with Crippen molar-refractivity contribution >= 4 is 11.5 Å². The molecule has 0 aliphatic rings. The van der Waals surface area contributed by atoms with E-state index in [1.165, 1.54) is 23.7 Å². The van der Waals surface area contributed by atoms with Gasteiger partial charge in [-0.05, 0) is 30.3 Å². The molecule has 0 bridgehead atoms. The van der Waals surface area contributed by atoms with Gasteiger partial charge in [0.15, 0.2) is 23.1 Å². The van der Waals surface area contributed by atoms with Crippen LogP contribution in [0.1, 0.15) is 6.92 Å². The third-order valence-electron chi connectivity index (χ3n) is 3.68. The van der Waals surface area contributed by atoms with Crippen LogP contribution in [0.3, 0.4) is 0 Å². The van der Waals surface area contributed by atoms with E-state index >= 15 is 0 Å². The Kier molecular flexibility index (Phi) is 5.91. The highest BCUT2D eigenvalue weighted by atomic mass is 19.1. The van der Waals surface area contributed by atoms with Crippen LogP contribution in [-0.4, -0.2) is 27.3 Å². The number of allylic oxidation sites excluding steroid dienone is 1. The number of ketones is 1. The Balaban J connectivity index is 1.78. The van der Waals surface area contributed by atoms with Crippen LogP contribution < -0.4 is 4.74 Å². The molecule has 1 aromatic heterocycles. The topological polar surface area (TPSA) is 89.1 Å². The number of Topliss-reactive ketones (excluding diaryl/α,β-unsaturated/α-hetero) is 1. The number of azo groups is 1. The number of hydrogen-bond donors (Lipinski definition) is 1. The van der Waals surface area contributed by atoms with Gasteiger partial charge in [-0.1, -0.05) is 18.2 Å². The van der Waals surface area contributed by atoms with E-state index in [2.05, 4.69) is 15.3 Å². The molecule has 1 heterocycles. The summed E-state index contributed by atoms with van der Waals surface area (Å²) in [4.78, 5) is 11.8. The van der Waals surface area contributed by atoms with E-state index < -0.39 is 17.4 Å². The Morgan fingerprint density at radius 2 is 2.00 bits per heavy atom. The lowest BCUT2D eigenvalue weighted by Gasteiger charge is -2.07. The highest BCUT2D eigenvalue weighted by molar-refractivity contribution is 5.93. The van der Waals surface area contributed by atoms with Crippen LogP contribution >= 0.6 is 0 Å². The molecule has 0 fully saturated rings. The average molecular weight is 380 g/mol. The van der Waals surface area contributed by atoms with Gasteiger partial charge in [0.1, 0.15) is 18.0 Å². The number of aromatic nitrogens is 2. The normalized spacial score (nSPS) is 12.1. The number of para-hydroxylation sites is 1. The molecule has 7 nitrogen and oxygen atoms in total. The van der Waals surface area contributed by atoms with Crippen molar-refractivity contribution in [1.82, 2.24) is 9.78 Å². The van der Waals surface area contributed by atoms with Crippen LogP contribution in [0, 0.1) is 5.82 Å². The summed E-state index contributed by atoms with van der Waals surface area (Å²) in [6.45, 7) is 0.961. The molecule has 0 amide bonds. The molecule has 0 unspecified atom stereocenters. The first-order valence-corrected chi connectivity index (χ1v) is 8.37. The van der Waals surface area contributed by atoms with Crippen molar-refractivity contribution in [1.29, 1.82) is 0 Å². The number of ether oxygens (including phenoxy) is 1. The number of aliphatic hydroxyl groups is 1. The van der Waals surface area contributed by atoms with Gasteiger partial charge in [0.2, 0.25) is 0 Å². The summed E-state index contributed by atoms with van der Waals surface area (Å²) in [5.74, 6) is -1.03. The summed E-state index contributed by atoms with van der Waals surface area (Å²) in [5, 5.41) is 21.6. The molecule has 8 heteroatoms. The Hall–Kier alpha value is -3.81. The standard InChI is InChI=1S/C20H17FN4O3/c1-14(26)20(19(27)13-28-16-6-3-2-4-7-16)24-23-18-9-8-15(12-17(18)21)25-11-5-10-22-25/h2-12,27H,13H2,1H3. The number of hydrogen-bond acceptors (Lipinski definition) is 6. The molecule has 2 aromatic carbocycles. The monoisotopic (exact) mass is 380 g/mol. The first-order valence-electron chi connectivity index (χ1n) is 8.37. The van der Waals surface area contributed by atoms with Gasteiger partial charge in [0, 0.05) is 25.4 Å². The lowest BCUT2D eigenvalue weighted by molar-refractivity contribution is -0.113. The zero-order chi connectivity index (χ0) is 19.9. The fourth-order valence-corrected chi connectivity index (χ4v) is 2.31. The molecular formula is C20H17FN4O3. The molecule has 1 N–H and O–H groups in total. The number of carbonyl (C=O) groups is 1. The van der Waals surface area contributed by atoms with Gasteiger partial charge in [-0.15, -0.1) is 10.2 Å². The largest absolute Gasteiger partial charge is 0.506 e. The fourth-order valence-electron chi connectivity index (χ4n) is 2.31. The first-order chi connectivity index (χ1) is 13.5. The van der Waals surface area contributed by atoms with E-state index in [0.717, 1.165) is 0 Å². The third kappa shape index (κ3) is 4.67. The average Bonchev–Trinajstić information content (AvgIpc) is 3.23. The lowest BCUT2D eigenvalue weighted by atomic mass is 10.2. The van der Waals surface area contributed by atoms with E-state index in [9.17, 15) is 14.3 Å². The third-order valence-corrected chi connectivity index (χ3v) is 3.68. The predicted molar refractivity (Wildman–Crippen MR) is 100 cm³/mol. The molecule has 0 spiro atoms. The number of carbonyl (C=O) groups excluding carboxylic acids is 1. The maximum atomic E-state index is 14.3. The van der Waals surface area contributed by atoms with Crippen LogP contribution in [-0.2, 0) is 4.79 Å². The van der Waals surface area contributed by atoms with Crippen molar-refractivity contribution in [3.8, 4) is 11.4 Å². The number of rotatable bonds is 7. The molecule has 0 radical (unpaired) electrons. The van der Waals surface area contributed by atoms with Gasteiger partial charge in [0.25, 0.3) is 0 Å². The smallest absolute Gasteiger partial charge is 0.183 e. The van der Waals surface area contributed by atoms with E-state index in [0.29, 0.717) is 11.4 Å². The molecule has 142 valence electrons. The predicted octanol–water partition coefficient (Wildman–Crippen LogP) is 4.53. The zero-order valence-electron chi connectivity index (χ0n) is 15.0. The Morgan fingerprint density at radius 1 is 1.21 bits per heavy atom. The molecule has 0 saturated carbocycles. The minimum absolute atomic E-state index is 0.0774. The van der Waals surface area contributed by atoms with Gasteiger partial charge in [0.05, 0.1) is 5.69 Å². The molecule has 0 aliphatic carbocycles. The van der Waals surface area contributed by atoms with Gasteiger partial charge in [-0.3, -0.25) is 4.79 Å². The summed E-state index contributed by atoms with van der Waals surface area (Å²) >= 11 is 0. The Labute approximate surface area is 160 Å². The molecule has 0 atom stereocenters. The SMILES string of the molecule is CC(=O)C(N=Nc1ccc(-n2cccn2)cc1F)=C(O)COc1ccccc1. The van der Waals surface area contributed by atoms with Crippen molar-refractivity contribution in [2.75, 3.05) is 6.61 Å². The minimum atomic E-state index is -0.639. The first kappa shape index (κ1) is 19.0. The summed E-state index contributed by atoms with van der Waals surface area (Å²) in [5.41, 5.74) is 0.140. The number of nitrogens with zero attached hydrogens (tertiary/aromatic N) is 4. The molecule has 0 aliphatic heterocycles. The Bertz CT molecular complexity index is 1020. The van der Waals surface area contributed by atoms with Gasteiger partial charge in [-0.2, -0.15) is 5.10 Å². The zero-order valence-corrected chi connectivity index (χ0v) is 15.0. The van der Waals surface area contributed by atoms with Crippen LogP contribution in [0.2, 0.25) is 0 Å². The van der Waals surface area contributed by atoms with E-state index in [1.54, 1.807) is 48.8 Å². The van der Waals surface area contributed by atoms with Crippen molar-refractivity contribution in [3.63, 3.8) is 0 Å². The second kappa shape index (κ2) is 8.72. The van der Waals surface area contributed by atoms with E-state index in [-0.39, 0.29) is 18.0 Å². The Morgan fingerprint density at radius 3 is 2.64 bits per heavy atom. The number of aliphatic hydroxyl groups excluding tert-OH is 1. The van der Waals surface area contributed by atoms with Crippen LogP contribution in [0.4, 0.5) is 10.1 Å². The second-order valence-corrected chi connectivity index (χ2v) is 5.74. The minimum Gasteiger partial charge on any atom is -0.506 e. The summed E-state index contributed by atoms with van der Waals surface area (Å²) in [6.07, 6.45) is 3.26. The van der Waals surface area contributed by atoms with Gasteiger partial charge >= 0.3 is 0 Å². The van der Waals surface area contributed by atoms with Crippen LogP contribution in [0.5, 0.6) is 5.75 Å². The molecular weight excluding hydrogens is 363 g/mol. The summed E-state index contributed by atoms with van der Waals surface area (Å²) in [7, 11) is 0. The van der Waals surface area contributed by atoms with Crippen molar-refractivity contribution < 1.29 is 19.0 Å². The maximum Gasteiger partial charge on any atom is 0.183 e.